The molecule has 1 N–H and O–H groups in total. The third-order valence-corrected chi connectivity index (χ3v) is 6.82. The standard InChI is InChI=1S/C27H32N4/c1-20-14-16-31(17-15-20)19-21-6-10-25(11-7-21)28-27-13-12-26(29-30-27)24-9-8-22-4-2-3-5-23(22)18-24/h6-13,18,20H,2-5,14-17,19H2,1H3,(H,28,30). The molecule has 4 heteroatoms. The number of nitrogens with zero attached hydrogens (tertiary/aromatic N) is 3. The zero-order chi connectivity index (χ0) is 21.0. The smallest absolute Gasteiger partial charge is 0.153 e. The Balaban J connectivity index is 1.21. The average molecular weight is 413 g/mol. The molecule has 160 valence electrons. The Hall–Kier alpha value is -2.72. The second-order valence-corrected chi connectivity index (χ2v) is 9.28. The molecule has 5 rings (SSSR count). The van der Waals surface area contributed by atoms with Gasteiger partial charge in [0.05, 0.1) is 5.69 Å². The van der Waals surface area contributed by atoms with E-state index < -0.39 is 0 Å². The third kappa shape index (κ3) is 4.96. The minimum Gasteiger partial charge on any atom is -0.339 e. The van der Waals surface area contributed by atoms with Crippen LogP contribution in [0.5, 0.6) is 0 Å². The van der Waals surface area contributed by atoms with Crippen LogP contribution in [-0.4, -0.2) is 28.2 Å². The van der Waals surface area contributed by atoms with E-state index in [1.807, 2.05) is 6.07 Å². The first kappa shape index (κ1) is 20.2. The van der Waals surface area contributed by atoms with Crippen LogP contribution in [0.2, 0.25) is 0 Å². The van der Waals surface area contributed by atoms with Crippen molar-refractivity contribution in [1.29, 1.82) is 0 Å². The molecule has 1 fully saturated rings. The number of aromatic nitrogens is 2. The maximum absolute atomic E-state index is 4.48. The van der Waals surface area contributed by atoms with Gasteiger partial charge in [-0.1, -0.05) is 31.2 Å². The molecule has 2 aliphatic rings. The molecule has 2 heterocycles. The fourth-order valence-corrected chi connectivity index (χ4v) is 4.77. The van der Waals surface area contributed by atoms with E-state index in [1.54, 1.807) is 0 Å². The summed E-state index contributed by atoms with van der Waals surface area (Å²) in [4.78, 5) is 2.56. The number of hydrogen-bond donors (Lipinski definition) is 1. The highest BCUT2D eigenvalue weighted by Crippen LogP contribution is 2.27. The molecular weight excluding hydrogens is 380 g/mol. The number of likely N-dealkylation sites (tertiary alicyclic amines) is 1. The van der Waals surface area contributed by atoms with Crippen LogP contribution in [0.4, 0.5) is 11.5 Å². The van der Waals surface area contributed by atoms with Gasteiger partial charge in [-0.25, -0.2) is 0 Å². The van der Waals surface area contributed by atoms with E-state index in [0.717, 1.165) is 35.2 Å². The van der Waals surface area contributed by atoms with Crippen LogP contribution in [-0.2, 0) is 19.4 Å². The summed E-state index contributed by atoms with van der Waals surface area (Å²) >= 11 is 0. The predicted molar refractivity (Wildman–Crippen MR) is 128 cm³/mol. The van der Waals surface area contributed by atoms with Crippen molar-refractivity contribution in [2.75, 3.05) is 18.4 Å². The van der Waals surface area contributed by atoms with Crippen LogP contribution in [0.3, 0.4) is 0 Å². The Morgan fingerprint density at radius 1 is 0.871 bits per heavy atom. The summed E-state index contributed by atoms with van der Waals surface area (Å²) in [6.45, 7) is 5.84. The molecule has 0 spiro atoms. The molecule has 0 unspecified atom stereocenters. The molecular formula is C27H32N4. The molecule has 0 radical (unpaired) electrons. The summed E-state index contributed by atoms with van der Waals surface area (Å²) < 4.78 is 0. The molecule has 0 saturated carbocycles. The van der Waals surface area contributed by atoms with Crippen LogP contribution in [0.15, 0.2) is 54.6 Å². The molecule has 31 heavy (non-hydrogen) atoms. The van der Waals surface area contributed by atoms with Gasteiger partial charge in [0.2, 0.25) is 0 Å². The SMILES string of the molecule is CC1CCN(Cc2ccc(Nc3ccc(-c4ccc5c(c4)CCCC5)nn3)cc2)CC1. The van der Waals surface area contributed by atoms with Gasteiger partial charge in [0.1, 0.15) is 0 Å². The van der Waals surface area contributed by atoms with E-state index in [9.17, 15) is 0 Å². The normalized spacial score (nSPS) is 17.3. The topological polar surface area (TPSA) is 41.0 Å². The van der Waals surface area contributed by atoms with Crippen molar-refractivity contribution in [3.8, 4) is 11.3 Å². The minimum atomic E-state index is 0.777. The predicted octanol–water partition coefficient (Wildman–Crippen LogP) is 6.00. The van der Waals surface area contributed by atoms with Gasteiger partial charge in [-0.15, -0.1) is 10.2 Å². The largest absolute Gasteiger partial charge is 0.339 e. The summed E-state index contributed by atoms with van der Waals surface area (Å²) in [6, 6.07) is 19.5. The highest BCUT2D eigenvalue weighted by atomic mass is 15.2. The van der Waals surface area contributed by atoms with Gasteiger partial charge in [0.25, 0.3) is 0 Å². The highest BCUT2D eigenvalue weighted by molar-refractivity contribution is 5.63. The summed E-state index contributed by atoms with van der Waals surface area (Å²) in [7, 11) is 0. The summed E-state index contributed by atoms with van der Waals surface area (Å²) in [5, 5.41) is 12.3. The van der Waals surface area contributed by atoms with Gasteiger partial charge >= 0.3 is 0 Å². The van der Waals surface area contributed by atoms with Crippen LogP contribution < -0.4 is 5.32 Å². The van der Waals surface area contributed by atoms with E-state index in [1.165, 1.54) is 68.3 Å². The molecule has 1 saturated heterocycles. The van der Waals surface area contributed by atoms with Crippen molar-refractivity contribution < 1.29 is 0 Å². The van der Waals surface area contributed by atoms with E-state index in [2.05, 4.69) is 75.9 Å². The molecule has 0 bridgehead atoms. The molecule has 3 aromatic rings. The summed E-state index contributed by atoms with van der Waals surface area (Å²) in [6.07, 6.45) is 7.63. The first-order valence-electron chi connectivity index (χ1n) is 11.8. The number of benzene rings is 2. The third-order valence-electron chi connectivity index (χ3n) is 6.82. The van der Waals surface area contributed by atoms with Crippen molar-refractivity contribution in [2.24, 2.45) is 5.92 Å². The van der Waals surface area contributed by atoms with Crippen molar-refractivity contribution in [3.05, 3.63) is 71.3 Å². The van der Waals surface area contributed by atoms with Crippen molar-refractivity contribution in [1.82, 2.24) is 15.1 Å². The molecule has 0 amide bonds. The first-order chi connectivity index (χ1) is 15.2. The lowest BCUT2D eigenvalue weighted by Gasteiger charge is -2.30. The maximum Gasteiger partial charge on any atom is 0.153 e. The number of nitrogens with one attached hydrogen (secondary N) is 1. The molecule has 0 atom stereocenters. The number of hydrogen-bond acceptors (Lipinski definition) is 4. The van der Waals surface area contributed by atoms with Crippen molar-refractivity contribution in [2.45, 2.75) is 52.0 Å². The Kier molecular flexibility index (Phi) is 5.99. The van der Waals surface area contributed by atoms with Crippen LogP contribution in [0.25, 0.3) is 11.3 Å². The zero-order valence-electron chi connectivity index (χ0n) is 18.5. The molecule has 1 aromatic heterocycles. The lowest BCUT2D eigenvalue weighted by Crippen LogP contribution is -2.32. The lowest BCUT2D eigenvalue weighted by atomic mass is 9.90. The number of rotatable bonds is 5. The van der Waals surface area contributed by atoms with E-state index in [0.29, 0.717) is 0 Å². The lowest BCUT2D eigenvalue weighted by molar-refractivity contribution is 0.185. The Morgan fingerprint density at radius 3 is 2.39 bits per heavy atom. The summed E-state index contributed by atoms with van der Waals surface area (Å²) in [5.74, 6) is 1.65. The second kappa shape index (κ2) is 9.19. The molecule has 1 aliphatic carbocycles. The Bertz CT molecular complexity index is 1000. The maximum atomic E-state index is 4.48. The van der Waals surface area contributed by atoms with Crippen molar-refractivity contribution in [3.63, 3.8) is 0 Å². The average Bonchev–Trinajstić information content (AvgIpc) is 2.82. The van der Waals surface area contributed by atoms with E-state index >= 15 is 0 Å². The number of piperidine rings is 1. The highest BCUT2D eigenvalue weighted by Gasteiger charge is 2.15. The van der Waals surface area contributed by atoms with Crippen LogP contribution in [0, 0.1) is 5.92 Å². The quantitative estimate of drug-likeness (QED) is 0.558. The summed E-state index contributed by atoms with van der Waals surface area (Å²) in [5.41, 5.74) is 7.49. The zero-order valence-corrected chi connectivity index (χ0v) is 18.5. The van der Waals surface area contributed by atoms with Gasteiger partial charge in [-0.3, -0.25) is 4.90 Å². The van der Waals surface area contributed by atoms with E-state index in [-0.39, 0.29) is 0 Å². The molecule has 4 nitrogen and oxygen atoms in total. The van der Waals surface area contributed by atoms with Gasteiger partial charge in [0.15, 0.2) is 5.82 Å². The second-order valence-electron chi connectivity index (χ2n) is 9.28. The van der Waals surface area contributed by atoms with Gasteiger partial charge in [-0.05, 0) is 105 Å². The Morgan fingerprint density at radius 2 is 1.65 bits per heavy atom. The minimum absolute atomic E-state index is 0.777. The van der Waals surface area contributed by atoms with E-state index in [4.69, 9.17) is 0 Å². The molecule has 2 aromatic carbocycles. The molecule has 1 aliphatic heterocycles. The monoisotopic (exact) mass is 412 g/mol. The Labute approximate surface area is 185 Å². The van der Waals surface area contributed by atoms with Gasteiger partial charge in [-0.2, -0.15) is 0 Å². The first-order valence-corrected chi connectivity index (χ1v) is 11.8. The van der Waals surface area contributed by atoms with Crippen LogP contribution >= 0.6 is 0 Å². The fourth-order valence-electron chi connectivity index (χ4n) is 4.77. The van der Waals surface area contributed by atoms with Crippen LogP contribution in [0.1, 0.15) is 49.3 Å². The number of aryl methyl sites for hydroxylation is 2. The number of anilines is 2. The van der Waals surface area contributed by atoms with Gasteiger partial charge in [0, 0.05) is 17.8 Å². The van der Waals surface area contributed by atoms with Crippen molar-refractivity contribution >= 4 is 11.5 Å². The number of fused-ring (bicyclic) bond motifs is 1. The van der Waals surface area contributed by atoms with Gasteiger partial charge < -0.3 is 5.32 Å². The fraction of sp³-hybridized carbons (Fsp3) is 0.407.